The fourth-order valence-corrected chi connectivity index (χ4v) is 3.13. The van der Waals surface area contributed by atoms with E-state index in [1.807, 2.05) is 35.7 Å². The van der Waals surface area contributed by atoms with Gasteiger partial charge in [0.2, 0.25) is 0 Å². The van der Waals surface area contributed by atoms with E-state index in [-0.39, 0.29) is 0 Å². The SMILES string of the molecule is CCc1c(C)nc2cc(-c3cc(OC)cc(OC)c3)nn2c1NCCOC. The summed E-state index contributed by atoms with van der Waals surface area (Å²) >= 11 is 0. The fraction of sp³-hybridized carbons (Fsp3) is 0.400. The van der Waals surface area contributed by atoms with Gasteiger partial charge in [-0.1, -0.05) is 6.92 Å². The highest BCUT2D eigenvalue weighted by Gasteiger charge is 2.15. The Morgan fingerprint density at radius 1 is 1.04 bits per heavy atom. The van der Waals surface area contributed by atoms with E-state index in [0.717, 1.165) is 51.9 Å². The number of rotatable bonds is 8. The van der Waals surface area contributed by atoms with Crippen LogP contribution in [0.2, 0.25) is 0 Å². The summed E-state index contributed by atoms with van der Waals surface area (Å²) in [4.78, 5) is 4.73. The number of aryl methyl sites for hydroxylation is 1. The van der Waals surface area contributed by atoms with Crippen molar-refractivity contribution in [3.8, 4) is 22.8 Å². The van der Waals surface area contributed by atoms with Crippen molar-refractivity contribution in [2.24, 2.45) is 0 Å². The number of nitrogens with one attached hydrogen (secondary N) is 1. The molecule has 27 heavy (non-hydrogen) atoms. The molecular formula is C20H26N4O3. The topological polar surface area (TPSA) is 69.9 Å². The van der Waals surface area contributed by atoms with Crippen molar-refractivity contribution in [2.45, 2.75) is 20.3 Å². The standard InChI is InChI=1S/C20H26N4O3/c1-6-17-13(2)22-19-12-18(23-24(19)20(17)21-7-8-25-3)14-9-15(26-4)11-16(10-14)27-5/h9-12,21H,6-8H2,1-5H3. The van der Waals surface area contributed by atoms with Crippen LogP contribution in [0, 0.1) is 6.92 Å². The van der Waals surface area contributed by atoms with Crippen LogP contribution in [0.5, 0.6) is 11.5 Å². The smallest absolute Gasteiger partial charge is 0.158 e. The van der Waals surface area contributed by atoms with E-state index in [4.69, 9.17) is 24.3 Å². The summed E-state index contributed by atoms with van der Waals surface area (Å²) in [6, 6.07) is 7.70. The Morgan fingerprint density at radius 2 is 1.74 bits per heavy atom. The molecule has 7 nitrogen and oxygen atoms in total. The van der Waals surface area contributed by atoms with Gasteiger partial charge in [0.05, 0.1) is 26.5 Å². The largest absolute Gasteiger partial charge is 0.497 e. The molecule has 2 aromatic heterocycles. The first-order valence-corrected chi connectivity index (χ1v) is 8.96. The number of hydrogen-bond donors (Lipinski definition) is 1. The van der Waals surface area contributed by atoms with E-state index in [2.05, 4.69) is 12.2 Å². The second-order valence-electron chi connectivity index (χ2n) is 6.20. The molecule has 0 fully saturated rings. The van der Waals surface area contributed by atoms with Crippen LogP contribution >= 0.6 is 0 Å². The second-order valence-corrected chi connectivity index (χ2v) is 6.20. The molecule has 0 unspecified atom stereocenters. The van der Waals surface area contributed by atoms with Crippen molar-refractivity contribution in [1.29, 1.82) is 0 Å². The van der Waals surface area contributed by atoms with Crippen LogP contribution in [-0.2, 0) is 11.2 Å². The summed E-state index contributed by atoms with van der Waals surface area (Å²) in [5.74, 6) is 2.40. The minimum absolute atomic E-state index is 0.618. The highest BCUT2D eigenvalue weighted by molar-refractivity contribution is 5.69. The van der Waals surface area contributed by atoms with E-state index in [9.17, 15) is 0 Å². The summed E-state index contributed by atoms with van der Waals surface area (Å²) in [5, 5.41) is 8.25. The molecule has 0 spiro atoms. The third-order valence-corrected chi connectivity index (χ3v) is 4.51. The molecular weight excluding hydrogens is 344 g/mol. The zero-order valence-electron chi connectivity index (χ0n) is 16.5. The van der Waals surface area contributed by atoms with Crippen LogP contribution < -0.4 is 14.8 Å². The van der Waals surface area contributed by atoms with Gasteiger partial charge >= 0.3 is 0 Å². The molecule has 1 N–H and O–H groups in total. The molecule has 0 bridgehead atoms. The Morgan fingerprint density at radius 3 is 2.33 bits per heavy atom. The van der Waals surface area contributed by atoms with Crippen LogP contribution in [0.1, 0.15) is 18.2 Å². The molecule has 0 aliphatic heterocycles. The lowest BCUT2D eigenvalue weighted by Gasteiger charge is -2.14. The van der Waals surface area contributed by atoms with Gasteiger partial charge in [-0.25, -0.2) is 4.98 Å². The average Bonchev–Trinajstić information content (AvgIpc) is 3.11. The quantitative estimate of drug-likeness (QED) is 0.613. The number of aromatic nitrogens is 3. The van der Waals surface area contributed by atoms with Crippen molar-refractivity contribution in [3.63, 3.8) is 0 Å². The Hall–Kier alpha value is -2.80. The van der Waals surface area contributed by atoms with Crippen LogP contribution in [-0.4, -0.2) is 49.1 Å². The molecule has 144 valence electrons. The average molecular weight is 370 g/mol. The lowest BCUT2D eigenvalue weighted by Crippen LogP contribution is -2.14. The van der Waals surface area contributed by atoms with E-state index >= 15 is 0 Å². The molecule has 0 saturated heterocycles. The lowest BCUT2D eigenvalue weighted by atomic mass is 10.1. The molecule has 1 aromatic carbocycles. The number of ether oxygens (including phenoxy) is 3. The van der Waals surface area contributed by atoms with Crippen molar-refractivity contribution in [1.82, 2.24) is 14.6 Å². The molecule has 0 atom stereocenters. The van der Waals surface area contributed by atoms with E-state index in [1.165, 1.54) is 0 Å². The number of benzene rings is 1. The first-order valence-electron chi connectivity index (χ1n) is 8.96. The Labute approximate surface area is 159 Å². The lowest BCUT2D eigenvalue weighted by molar-refractivity contribution is 0.210. The van der Waals surface area contributed by atoms with Crippen LogP contribution in [0.3, 0.4) is 0 Å². The Bertz CT molecular complexity index is 914. The molecule has 2 heterocycles. The predicted molar refractivity (Wildman–Crippen MR) is 106 cm³/mol. The summed E-state index contributed by atoms with van der Waals surface area (Å²) in [6.45, 7) is 5.47. The molecule has 0 aliphatic rings. The maximum absolute atomic E-state index is 5.38. The van der Waals surface area contributed by atoms with Gasteiger partial charge in [-0.2, -0.15) is 9.61 Å². The van der Waals surface area contributed by atoms with Gasteiger partial charge in [-0.15, -0.1) is 0 Å². The van der Waals surface area contributed by atoms with E-state index < -0.39 is 0 Å². The summed E-state index contributed by atoms with van der Waals surface area (Å²) in [5.41, 5.74) is 4.66. The normalized spacial score (nSPS) is 11.0. The molecule has 0 amide bonds. The minimum atomic E-state index is 0.618. The van der Waals surface area contributed by atoms with Crippen LogP contribution in [0.15, 0.2) is 24.3 Å². The van der Waals surface area contributed by atoms with Crippen molar-refractivity contribution in [3.05, 3.63) is 35.5 Å². The first-order chi connectivity index (χ1) is 13.1. The molecule has 7 heteroatoms. The maximum Gasteiger partial charge on any atom is 0.158 e. The van der Waals surface area contributed by atoms with Crippen LogP contribution in [0.4, 0.5) is 5.82 Å². The van der Waals surface area contributed by atoms with Gasteiger partial charge in [0.15, 0.2) is 5.65 Å². The van der Waals surface area contributed by atoms with Crippen molar-refractivity contribution >= 4 is 11.5 Å². The predicted octanol–water partition coefficient (Wildman–Crippen LogP) is 3.34. The molecule has 3 aromatic rings. The highest BCUT2D eigenvalue weighted by Crippen LogP contribution is 2.31. The van der Waals surface area contributed by atoms with Crippen LogP contribution in [0.25, 0.3) is 16.9 Å². The third kappa shape index (κ3) is 3.83. The number of methoxy groups -OCH3 is 3. The molecule has 3 rings (SSSR count). The van der Waals surface area contributed by atoms with Gasteiger partial charge in [0, 0.05) is 42.6 Å². The Balaban J connectivity index is 2.13. The number of nitrogens with zero attached hydrogens (tertiary/aromatic N) is 3. The maximum atomic E-state index is 5.38. The third-order valence-electron chi connectivity index (χ3n) is 4.51. The zero-order valence-corrected chi connectivity index (χ0v) is 16.5. The van der Waals surface area contributed by atoms with Gasteiger partial charge in [0.25, 0.3) is 0 Å². The van der Waals surface area contributed by atoms with E-state index in [1.54, 1.807) is 21.3 Å². The number of fused-ring (bicyclic) bond motifs is 1. The summed E-state index contributed by atoms with van der Waals surface area (Å²) in [6.07, 6.45) is 0.867. The molecule has 0 radical (unpaired) electrons. The van der Waals surface area contributed by atoms with E-state index in [0.29, 0.717) is 13.2 Å². The molecule has 0 saturated carbocycles. The van der Waals surface area contributed by atoms with Crippen molar-refractivity contribution < 1.29 is 14.2 Å². The van der Waals surface area contributed by atoms with Gasteiger partial charge < -0.3 is 19.5 Å². The second kappa shape index (κ2) is 8.26. The van der Waals surface area contributed by atoms with Crippen molar-refractivity contribution in [2.75, 3.05) is 39.8 Å². The summed E-state index contributed by atoms with van der Waals surface area (Å²) in [7, 11) is 4.97. The van der Waals surface area contributed by atoms with Gasteiger partial charge in [-0.05, 0) is 25.5 Å². The first kappa shape index (κ1) is 19.0. The summed E-state index contributed by atoms with van der Waals surface area (Å²) < 4.78 is 17.8. The highest BCUT2D eigenvalue weighted by atomic mass is 16.5. The number of hydrogen-bond acceptors (Lipinski definition) is 6. The fourth-order valence-electron chi connectivity index (χ4n) is 3.13. The molecule has 0 aliphatic carbocycles. The van der Waals surface area contributed by atoms with Gasteiger partial charge in [0.1, 0.15) is 17.3 Å². The Kier molecular flexibility index (Phi) is 5.81. The number of anilines is 1. The minimum Gasteiger partial charge on any atom is -0.497 e. The van der Waals surface area contributed by atoms with Gasteiger partial charge in [-0.3, -0.25) is 0 Å². The monoisotopic (exact) mass is 370 g/mol. The zero-order chi connectivity index (χ0) is 19.4.